The highest BCUT2D eigenvalue weighted by atomic mass is 16.5. The minimum atomic E-state index is -0.0727. The van der Waals surface area contributed by atoms with Gasteiger partial charge in [-0.2, -0.15) is 0 Å². The van der Waals surface area contributed by atoms with Gasteiger partial charge in [0.1, 0.15) is 11.4 Å². The van der Waals surface area contributed by atoms with E-state index in [-0.39, 0.29) is 5.91 Å². The number of hydrogen-bond acceptors (Lipinski definition) is 3. The maximum Gasteiger partial charge on any atom is 0.270 e. The van der Waals surface area contributed by atoms with Crippen LogP contribution in [-0.4, -0.2) is 24.0 Å². The van der Waals surface area contributed by atoms with E-state index >= 15 is 0 Å². The first kappa shape index (κ1) is 12.5. The van der Waals surface area contributed by atoms with Crippen LogP contribution >= 0.6 is 0 Å². The predicted molar refractivity (Wildman–Crippen MR) is 72.1 cm³/mol. The van der Waals surface area contributed by atoms with Crippen LogP contribution in [0.15, 0.2) is 18.3 Å². The van der Waals surface area contributed by atoms with Crippen molar-refractivity contribution in [1.82, 2.24) is 10.3 Å². The van der Waals surface area contributed by atoms with Crippen molar-refractivity contribution in [3.05, 3.63) is 24.0 Å². The van der Waals surface area contributed by atoms with Gasteiger partial charge in [-0.25, -0.2) is 0 Å². The first-order valence-corrected chi connectivity index (χ1v) is 7.09. The van der Waals surface area contributed by atoms with Crippen LogP contribution in [0.4, 0.5) is 0 Å². The molecule has 1 aromatic rings. The number of amides is 1. The SMILES string of the molecule is COc1ccnc(C(=O)N[C@H]2CC[C@@H]3CCC[C@@H]32)c1. The normalized spacial score (nSPS) is 29.0. The molecule has 0 aliphatic heterocycles. The number of fused-ring (bicyclic) bond motifs is 1. The average molecular weight is 260 g/mol. The van der Waals surface area contributed by atoms with Crippen molar-refractivity contribution in [3.8, 4) is 5.75 Å². The summed E-state index contributed by atoms with van der Waals surface area (Å²) in [5.74, 6) is 2.12. The summed E-state index contributed by atoms with van der Waals surface area (Å²) in [6.07, 6.45) is 7.92. The molecular weight excluding hydrogens is 240 g/mol. The Bertz CT molecular complexity index is 475. The molecule has 0 spiro atoms. The largest absolute Gasteiger partial charge is 0.497 e. The summed E-state index contributed by atoms with van der Waals surface area (Å²) < 4.78 is 5.12. The third-order valence-corrected chi connectivity index (χ3v) is 4.60. The molecule has 3 rings (SSSR count). The molecule has 1 aromatic heterocycles. The number of hydrogen-bond donors (Lipinski definition) is 1. The number of nitrogens with one attached hydrogen (secondary N) is 1. The van der Waals surface area contributed by atoms with E-state index in [0.717, 1.165) is 12.3 Å². The average Bonchev–Trinajstić information content (AvgIpc) is 3.04. The second kappa shape index (κ2) is 5.19. The quantitative estimate of drug-likeness (QED) is 0.908. The van der Waals surface area contributed by atoms with Crippen molar-refractivity contribution >= 4 is 5.91 Å². The second-order valence-corrected chi connectivity index (χ2v) is 5.59. The summed E-state index contributed by atoms with van der Waals surface area (Å²) in [4.78, 5) is 16.4. The van der Waals surface area contributed by atoms with Crippen LogP contribution in [0, 0.1) is 11.8 Å². The maximum atomic E-state index is 12.2. The molecule has 4 heteroatoms. The molecule has 0 bridgehead atoms. The molecule has 0 radical (unpaired) electrons. The van der Waals surface area contributed by atoms with Crippen molar-refractivity contribution in [2.24, 2.45) is 11.8 Å². The molecule has 2 aliphatic rings. The molecule has 1 amide bonds. The Kier molecular flexibility index (Phi) is 3.40. The summed E-state index contributed by atoms with van der Waals surface area (Å²) in [5, 5.41) is 3.16. The van der Waals surface area contributed by atoms with Crippen LogP contribution in [0.1, 0.15) is 42.6 Å². The number of nitrogens with zero attached hydrogens (tertiary/aromatic N) is 1. The molecule has 102 valence electrons. The van der Waals surface area contributed by atoms with E-state index in [0.29, 0.717) is 23.4 Å². The van der Waals surface area contributed by atoms with E-state index in [1.807, 2.05) is 0 Å². The topological polar surface area (TPSA) is 51.2 Å². The van der Waals surface area contributed by atoms with Crippen LogP contribution in [0.25, 0.3) is 0 Å². The Labute approximate surface area is 113 Å². The van der Waals surface area contributed by atoms with Crippen molar-refractivity contribution < 1.29 is 9.53 Å². The van der Waals surface area contributed by atoms with E-state index in [2.05, 4.69) is 10.3 Å². The van der Waals surface area contributed by atoms with E-state index in [4.69, 9.17) is 4.74 Å². The highest BCUT2D eigenvalue weighted by Gasteiger charge is 2.39. The third-order valence-electron chi connectivity index (χ3n) is 4.60. The van der Waals surface area contributed by atoms with E-state index in [1.165, 1.54) is 25.7 Å². The summed E-state index contributed by atoms with van der Waals surface area (Å²) in [6, 6.07) is 3.78. The first-order valence-electron chi connectivity index (χ1n) is 7.09. The predicted octanol–water partition coefficient (Wildman–Crippen LogP) is 2.40. The number of aromatic nitrogens is 1. The Morgan fingerprint density at radius 2 is 2.26 bits per heavy atom. The Balaban J connectivity index is 1.67. The molecule has 0 unspecified atom stereocenters. The van der Waals surface area contributed by atoms with Gasteiger partial charge in [0.2, 0.25) is 0 Å². The first-order chi connectivity index (χ1) is 9.28. The van der Waals surface area contributed by atoms with Crippen LogP contribution in [0.2, 0.25) is 0 Å². The number of pyridine rings is 1. The minimum Gasteiger partial charge on any atom is -0.497 e. The summed E-state index contributed by atoms with van der Waals surface area (Å²) in [5.41, 5.74) is 0.445. The van der Waals surface area contributed by atoms with Crippen molar-refractivity contribution in [2.75, 3.05) is 7.11 Å². The fourth-order valence-corrected chi connectivity index (χ4v) is 3.65. The molecule has 1 heterocycles. The van der Waals surface area contributed by atoms with Crippen LogP contribution in [0.3, 0.4) is 0 Å². The number of carbonyl (C=O) groups is 1. The third kappa shape index (κ3) is 2.44. The second-order valence-electron chi connectivity index (χ2n) is 5.59. The lowest BCUT2D eigenvalue weighted by molar-refractivity contribution is 0.0921. The highest BCUT2D eigenvalue weighted by Crippen LogP contribution is 2.43. The number of rotatable bonds is 3. The summed E-state index contributed by atoms with van der Waals surface area (Å²) in [6.45, 7) is 0. The van der Waals surface area contributed by atoms with Crippen molar-refractivity contribution in [3.63, 3.8) is 0 Å². The molecule has 2 aliphatic carbocycles. The fraction of sp³-hybridized carbons (Fsp3) is 0.600. The van der Waals surface area contributed by atoms with Crippen LogP contribution in [-0.2, 0) is 0 Å². The van der Waals surface area contributed by atoms with Gasteiger partial charge >= 0.3 is 0 Å². The van der Waals surface area contributed by atoms with Crippen LogP contribution in [0.5, 0.6) is 5.75 Å². The van der Waals surface area contributed by atoms with Gasteiger partial charge in [0.05, 0.1) is 7.11 Å². The zero-order valence-electron chi connectivity index (χ0n) is 11.3. The fourth-order valence-electron chi connectivity index (χ4n) is 3.65. The zero-order valence-corrected chi connectivity index (χ0v) is 11.3. The Hall–Kier alpha value is -1.58. The number of ether oxygens (including phenoxy) is 1. The van der Waals surface area contributed by atoms with Gasteiger partial charge in [0, 0.05) is 18.3 Å². The molecule has 2 saturated carbocycles. The van der Waals surface area contributed by atoms with Crippen LogP contribution < -0.4 is 10.1 Å². The van der Waals surface area contributed by atoms with Gasteiger partial charge in [-0.15, -0.1) is 0 Å². The minimum absolute atomic E-state index is 0.0727. The summed E-state index contributed by atoms with van der Waals surface area (Å²) in [7, 11) is 1.59. The van der Waals surface area contributed by atoms with Gasteiger partial charge in [0.25, 0.3) is 5.91 Å². The molecule has 1 N–H and O–H groups in total. The molecule has 19 heavy (non-hydrogen) atoms. The lowest BCUT2D eigenvalue weighted by atomic mass is 9.97. The van der Waals surface area contributed by atoms with E-state index < -0.39 is 0 Å². The van der Waals surface area contributed by atoms with Crippen molar-refractivity contribution in [1.29, 1.82) is 0 Å². The lowest BCUT2D eigenvalue weighted by Crippen LogP contribution is -2.38. The molecule has 2 fully saturated rings. The van der Waals surface area contributed by atoms with Gasteiger partial charge < -0.3 is 10.1 Å². The van der Waals surface area contributed by atoms with Gasteiger partial charge in [-0.3, -0.25) is 9.78 Å². The smallest absolute Gasteiger partial charge is 0.270 e. The van der Waals surface area contributed by atoms with Gasteiger partial charge in [-0.05, 0) is 37.2 Å². The molecule has 0 aromatic carbocycles. The maximum absolute atomic E-state index is 12.2. The highest BCUT2D eigenvalue weighted by molar-refractivity contribution is 5.92. The number of carbonyl (C=O) groups excluding carboxylic acids is 1. The van der Waals surface area contributed by atoms with Crippen molar-refractivity contribution in [2.45, 2.75) is 38.1 Å². The molecular formula is C15H20N2O2. The molecule has 3 atom stereocenters. The number of methoxy groups -OCH3 is 1. The van der Waals surface area contributed by atoms with Gasteiger partial charge in [0.15, 0.2) is 0 Å². The van der Waals surface area contributed by atoms with E-state index in [9.17, 15) is 4.79 Å². The van der Waals surface area contributed by atoms with E-state index in [1.54, 1.807) is 25.4 Å². The van der Waals surface area contributed by atoms with Gasteiger partial charge in [-0.1, -0.05) is 12.8 Å². The lowest BCUT2D eigenvalue weighted by Gasteiger charge is -2.19. The Morgan fingerprint density at radius 3 is 3.11 bits per heavy atom. The Morgan fingerprint density at radius 1 is 1.37 bits per heavy atom. The monoisotopic (exact) mass is 260 g/mol. The standard InChI is InChI=1S/C15H20N2O2/c1-19-11-7-8-16-14(9-11)15(18)17-13-6-5-10-3-2-4-12(10)13/h7-10,12-13H,2-6H2,1H3,(H,17,18)/t10-,12-,13-/m0/s1. The molecule has 0 saturated heterocycles. The molecule has 4 nitrogen and oxygen atoms in total. The summed E-state index contributed by atoms with van der Waals surface area (Å²) >= 11 is 0. The zero-order chi connectivity index (χ0) is 13.2.